The molecule has 5 heteroatoms. The molecule has 0 radical (unpaired) electrons. The van der Waals surface area contributed by atoms with Gasteiger partial charge in [-0.3, -0.25) is 0 Å². The first-order valence-electron chi connectivity index (χ1n) is 8.51. The van der Waals surface area contributed by atoms with E-state index in [4.69, 9.17) is 4.74 Å². The van der Waals surface area contributed by atoms with Gasteiger partial charge in [-0.1, -0.05) is 57.9 Å². The molecule has 0 bridgehead atoms. The maximum absolute atomic E-state index is 9.56. The normalized spacial score (nSPS) is 11.2. The second kappa shape index (κ2) is 9.56. The Morgan fingerprint density at radius 2 is 1.57 bits per heavy atom. The van der Waals surface area contributed by atoms with Crippen molar-refractivity contribution in [2.45, 2.75) is 13.5 Å². The van der Waals surface area contributed by atoms with Crippen LogP contribution in [0.4, 0.5) is 0 Å². The summed E-state index contributed by atoms with van der Waals surface area (Å²) in [4.78, 5) is 0. The number of aryl methyl sites for hydroxylation is 1. The van der Waals surface area contributed by atoms with Gasteiger partial charge in [0.2, 0.25) is 0 Å². The summed E-state index contributed by atoms with van der Waals surface area (Å²) in [5.41, 5.74) is 4.67. The Bertz CT molecular complexity index is 1030. The van der Waals surface area contributed by atoms with Crippen molar-refractivity contribution in [3.63, 3.8) is 0 Å². The second-order valence-corrected chi connectivity index (χ2v) is 8.89. The van der Waals surface area contributed by atoms with Gasteiger partial charge in [-0.2, -0.15) is 5.26 Å². The molecule has 0 aliphatic carbocycles. The fourth-order valence-corrected chi connectivity index (χ4v) is 4.33. The number of ether oxygens (including phenoxy) is 1. The minimum atomic E-state index is 0.465. The van der Waals surface area contributed by atoms with E-state index in [1.165, 1.54) is 5.56 Å². The summed E-state index contributed by atoms with van der Waals surface area (Å²) in [5, 5.41) is 9.56. The molecule has 0 aromatic heterocycles. The predicted octanol–water partition coefficient (Wildman–Crippen LogP) is 7.93. The minimum Gasteiger partial charge on any atom is -0.487 e. The van der Waals surface area contributed by atoms with Crippen LogP contribution in [0.1, 0.15) is 22.3 Å². The van der Waals surface area contributed by atoms with Crippen molar-refractivity contribution in [3.05, 3.63) is 96.3 Å². The number of nitriles is 1. The van der Waals surface area contributed by atoms with Gasteiger partial charge >= 0.3 is 0 Å². The third kappa shape index (κ3) is 5.35. The molecule has 0 fully saturated rings. The minimum absolute atomic E-state index is 0.465. The van der Waals surface area contributed by atoms with Crippen molar-refractivity contribution in [2.75, 3.05) is 0 Å². The summed E-state index contributed by atoms with van der Waals surface area (Å²) in [7, 11) is 0. The predicted molar refractivity (Wildman–Crippen MR) is 125 cm³/mol. The lowest BCUT2D eigenvalue weighted by Gasteiger charge is -2.12. The number of allylic oxidation sites excluding steroid dienone is 1. The van der Waals surface area contributed by atoms with Crippen LogP contribution < -0.4 is 4.74 Å². The highest BCUT2D eigenvalue weighted by Crippen LogP contribution is 2.36. The van der Waals surface area contributed by atoms with Gasteiger partial charge < -0.3 is 4.74 Å². The molecule has 0 saturated heterocycles. The summed E-state index contributed by atoms with van der Waals surface area (Å²) in [6.07, 6.45) is 1.87. The van der Waals surface area contributed by atoms with Crippen LogP contribution in [0.3, 0.4) is 0 Å². The van der Waals surface area contributed by atoms with Crippen molar-refractivity contribution >= 4 is 59.4 Å². The monoisotopic (exact) mass is 559 g/mol. The van der Waals surface area contributed by atoms with Gasteiger partial charge in [0.15, 0.2) is 0 Å². The highest BCUT2D eigenvalue weighted by molar-refractivity contribution is 9.11. The number of benzene rings is 3. The fourth-order valence-electron chi connectivity index (χ4n) is 2.62. The van der Waals surface area contributed by atoms with Gasteiger partial charge in [-0.15, -0.1) is 0 Å². The van der Waals surface area contributed by atoms with E-state index in [-0.39, 0.29) is 0 Å². The van der Waals surface area contributed by atoms with E-state index in [2.05, 4.69) is 53.9 Å². The molecule has 0 unspecified atom stereocenters. The van der Waals surface area contributed by atoms with Gasteiger partial charge in [-0.05, 0) is 85.8 Å². The van der Waals surface area contributed by atoms with Gasteiger partial charge in [0, 0.05) is 4.47 Å². The van der Waals surface area contributed by atoms with Crippen LogP contribution >= 0.6 is 47.8 Å². The molecule has 0 heterocycles. The van der Waals surface area contributed by atoms with Gasteiger partial charge in [0.25, 0.3) is 0 Å². The van der Waals surface area contributed by atoms with E-state index in [1.807, 2.05) is 73.7 Å². The summed E-state index contributed by atoms with van der Waals surface area (Å²) in [6.45, 7) is 2.49. The van der Waals surface area contributed by atoms with E-state index in [0.717, 1.165) is 35.9 Å². The topological polar surface area (TPSA) is 33.0 Å². The summed E-state index contributed by atoms with van der Waals surface area (Å²) in [5.74, 6) is 0.730. The van der Waals surface area contributed by atoms with Crippen molar-refractivity contribution in [1.29, 1.82) is 5.26 Å². The zero-order valence-corrected chi connectivity index (χ0v) is 19.8. The number of hydrogen-bond donors (Lipinski definition) is 0. The van der Waals surface area contributed by atoms with E-state index in [1.54, 1.807) is 0 Å². The third-order valence-corrected chi connectivity index (χ3v) is 5.82. The van der Waals surface area contributed by atoms with E-state index in [0.29, 0.717) is 12.2 Å². The molecule has 2 nitrogen and oxygen atoms in total. The van der Waals surface area contributed by atoms with Crippen molar-refractivity contribution in [1.82, 2.24) is 0 Å². The maximum atomic E-state index is 9.56. The molecular formula is C23H16Br3NO. The molecule has 0 atom stereocenters. The molecule has 3 aromatic rings. The number of nitrogens with zero attached hydrogens (tertiary/aromatic N) is 1. The zero-order chi connectivity index (χ0) is 20.1. The molecule has 0 aliphatic rings. The fraction of sp³-hybridized carbons (Fsp3) is 0.0870. The van der Waals surface area contributed by atoms with Crippen LogP contribution in [-0.2, 0) is 6.61 Å². The van der Waals surface area contributed by atoms with Crippen molar-refractivity contribution in [2.24, 2.45) is 0 Å². The van der Waals surface area contributed by atoms with Crippen LogP contribution in [0, 0.1) is 18.3 Å². The third-order valence-electron chi connectivity index (χ3n) is 4.11. The molecular weight excluding hydrogens is 546 g/mol. The van der Waals surface area contributed by atoms with Gasteiger partial charge in [0.1, 0.15) is 12.4 Å². The molecule has 28 heavy (non-hydrogen) atoms. The second-order valence-electron chi connectivity index (χ2n) is 6.26. The van der Waals surface area contributed by atoms with Crippen LogP contribution in [0.25, 0.3) is 11.6 Å². The molecule has 0 amide bonds. The Morgan fingerprint density at radius 3 is 2.14 bits per heavy atom. The summed E-state index contributed by atoms with van der Waals surface area (Å²) >= 11 is 10.6. The zero-order valence-electron chi connectivity index (χ0n) is 15.0. The molecule has 0 saturated carbocycles. The number of rotatable bonds is 5. The average molecular weight is 562 g/mol. The maximum Gasteiger partial charge on any atom is 0.148 e. The Labute approximate surface area is 190 Å². The first kappa shape index (κ1) is 20.9. The van der Waals surface area contributed by atoms with E-state index < -0.39 is 0 Å². The quantitative estimate of drug-likeness (QED) is 0.234. The molecule has 0 spiro atoms. The highest BCUT2D eigenvalue weighted by atomic mass is 79.9. The van der Waals surface area contributed by atoms with Crippen molar-refractivity contribution in [3.8, 4) is 11.8 Å². The van der Waals surface area contributed by atoms with Gasteiger partial charge in [-0.25, -0.2) is 0 Å². The highest BCUT2D eigenvalue weighted by Gasteiger charge is 2.10. The Balaban J connectivity index is 1.83. The molecule has 0 N–H and O–H groups in total. The van der Waals surface area contributed by atoms with E-state index in [9.17, 15) is 5.26 Å². The van der Waals surface area contributed by atoms with Gasteiger partial charge in [0.05, 0.1) is 20.6 Å². The smallest absolute Gasteiger partial charge is 0.148 e. The lowest BCUT2D eigenvalue weighted by molar-refractivity contribution is 0.302. The number of halogens is 3. The first-order valence-corrected chi connectivity index (χ1v) is 10.9. The van der Waals surface area contributed by atoms with Crippen LogP contribution in [0.5, 0.6) is 5.75 Å². The standard InChI is InChI=1S/C23H16Br3NO/c1-15-2-6-18(7-3-15)19(13-27)10-17-11-21(25)23(22(26)12-17)28-14-16-4-8-20(24)9-5-16/h2-12H,14H2,1H3/b19-10-. The molecule has 0 aliphatic heterocycles. The first-order chi connectivity index (χ1) is 13.5. The van der Waals surface area contributed by atoms with Crippen LogP contribution in [-0.4, -0.2) is 0 Å². The Morgan fingerprint density at radius 1 is 0.964 bits per heavy atom. The SMILES string of the molecule is Cc1ccc(/C(C#N)=C\c2cc(Br)c(OCc3ccc(Br)cc3)c(Br)c2)cc1. The van der Waals surface area contributed by atoms with Crippen LogP contribution in [0.15, 0.2) is 74.1 Å². The molecule has 3 aromatic carbocycles. The lowest BCUT2D eigenvalue weighted by atomic mass is 10.0. The lowest BCUT2D eigenvalue weighted by Crippen LogP contribution is -1.97. The van der Waals surface area contributed by atoms with Crippen molar-refractivity contribution < 1.29 is 4.74 Å². The number of hydrogen-bond acceptors (Lipinski definition) is 2. The summed E-state index contributed by atoms with van der Waals surface area (Å²) in [6, 6.07) is 22.1. The van der Waals surface area contributed by atoms with Crippen LogP contribution in [0.2, 0.25) is 0 Å². The van der Waals surface area contributed by atoms with E-state index >= 15 is 0 Å². The Hall–Kier alpha value is -1.87. The summed E-state index contributed by atoms with van der Waals surface area (Å²) < 4.78 is 8.67. The Kier molecular flexibility index (Phi) is 7.12. The molecule has 3 rings (SSSR count). The molecule has 140 valence electrons. The largest absolute Gasteiger partial charge is 0.487 e. The average Bonchev–Trinajstić information content (AvgIpc) is 2.67.